The number of β-amino-alcohol motifs (C(OH)–C–C–N with tert-alkyl or cyclic N) is 1. The van der Waals surface area contributed by atoms with Crippen molar-refractivity contribution in [2.75, 3.05) is 59.5 Å². The van der Waals surface area contributed by atoms with E-state index in [1.807, 2.05) is 20.8 Å². The Balaban J connectivity index is 2.81. The van der Waals surface area contributed by atoms with Crippen molar-refractivity contribution < 1.29 is 42.9 Å². The molecule has 1 heterocycles. The van der Waals surface area contributed by atoms with Crippen LogP contribution >= 0.6 is 7.60 Å². The predicted octanol–water partition coefficient (Wildman–Crippen LogP) is 0.135. The minimum atomic E-state index is -3.72. The highest BCUT2D eigenvalue weighted by atomic mass is 31.2. The van der Waals surface area contributed by atoms with Gasteiger partial charge < -0.3 is 39.0 Å². The number of amides is 2. The lowest BCUT2D eigenvalue weighted by atomic mass is 10.0. The normalized spacial score (nSPS) is 21.2. The number of hydrogen-bond donors (Lipinski definition) is 3. The van der Waals surface area contributed by atoms with Crippen molar-refractivity contribution >= 4 is 19.4 Å². The average molecular weight is 468 g/mol. The summed E-state index contributed by atoms with van der Waals surface area (Å²) in [6, 6.07) is -0.587. The highest BCUT2D eigenvalue weighted by molar-refractivity contribution is 7.51. The molecule has 1 unspecified atom stereocenters. The zero-order valence-electron chi connectivity index (χ0n) is 18.9. The van der Waals surface area contributed by atoms with Crippen LogP contribution in [0.4, 0.5) is 0 Å². The molecule has 3 N–H and O–H groups in total. The molecule has 0 spiro atoms. The summed E-state index contributed by atoms with van der Waals surface area (Å²) in [7, 11) is -3.72. The molecule has 0 aromatic rings. The molecule has 1 fully saturated rings. The zero-order chi connectivity index (χ0) is 23.5. The Morgan fingerprint density at radius 1 is 1.10 bits per heavy atom. The number of likely N-dealkylation sites (tertiary alicyclic amines) is 1. The molecule has 0 saturated carbocycles. The third-order valence-electron chi connectivity index (χ3n) is 4.68. The van der Waals surface area contributed by atoms with E-state index >= 15 is 0 Å². The molecule has 31 heavy (non-hydrogen) atoms. The van der Waals surface area contributed by atoms with Gasteiger partial charge in [-0.1, -0.05) is 0 Å². The van der Waals surface area contributed by atoms with Crippen LogP contribution in [0.3, 0.4) is 0 Å². The molecule has 3 atom stereocenters. The molecular formula is C19H37N2O9P. The third-order valence-corrected chi connectivity index (χ3v) is 5.31. The number of nitrogens with one attached hydrogen (secondary N) is 1. The molecule has 0 aliphatic carbocycles. The second-order valence-corrected chi connectivity index (χ2v) is 9.47. The number of nitrogens with zero attached hydrogens (tertiary/aromatic N) is 1. The van der Waals surface area contributed by atoms with E-state index in [-0.39, 0.29) is 39.4 Å². The molecule has 0 radical (unpaired) electrons. The lowest BCUT2D eigenvalue weighted by molar-refractivity contribution is -0.139. The maximum atomic E-state index is 12.7. The molecule has 1 aliphatic rings. The van der Waals surface area contributed by atoms with Crippen molar-refractivity contribution in [1.82, 2.24) is 10.2 Å². The second kappa shape index (κ2) is 13.5. The summed E-state index contributed by atoms with van der Waals surface area (Å²) in [5, 5.41) is 12.8. The number of carbonyl (C=O) groups excluding carboxylic acids is 2. The minimum absolute atomic E-state index is 0.0293. The van der Waals surface area contributed by atoms with Gasteiger partial charge >= 0.3 is 7.60 Å². The molecule has 182 valence electrons. The first-order valence-electron chi connectivity index (χ1n) is 10.5. The maximum absolute atomic E-state index is 12.7. The van der Waals surface area contributed by atoms with Crippen LogP contribution in [0, 0.1) is 0 Å². The van der Waals surface area contributed by atoms with Gasteiger partial charge in [-0.25, -0.2) is 0 Å². The van der Waals surface area contributed by atoms with E-state index in [0.717, 1.165) is 6.66 Å². The molecule has 2 amide bonds. The first kappa shape index (κ1) is 28.0. The predicted molar refractivity (Wildman–Crippen MR) is 113 cm³/mol. The standard InChI is InChI=1S/C19H37N2O9P/c1-5-27-12-19(13-28-6-2,14-29-7-3)20-17(23)9-18(24)21-10-16(22)8-15(21)11-30-31(4,25)26/h15-16,22H,5-14H2,1-4H3,(H,20,23)(H,25,26)/t15-,16+/m0/s1. The Kier molecular flexibility index (Phi) is 12.2. The monoisotopic (exact) mass is 468 g/mol. The average Bonchev–Trinajstić information content (AvgIpc) is 3.07. The largest absolute Gasteiger partial charge is 0.391 e. The van der Waals surface area contributed by atoms with Crippen LogP contribution in [-0.4, -0.2) is 104 Å². The van der Waals surface area contributed by atoms with Gasteiger partial charge in [0.15, 0.2) is 0 Å². The van der Waals surface area contributed by atoms with E-state index in [1.54, 1.807) is 0 Å². The summed E-state index contributed by atoms with van der Waals surface area (Å²) in [5.41, 5.74) is -0.946. The molecule has 1 aliphatic heterocycles. The number of aliphatic hydroxyl groups is 1. The van der Waals surface area contributed by atoms with Gasteiger partial charge in [-0.2, -0.15) is 0 Å². The van der Waals surface area contributed by atoms with Gasteiger partial charge in [0.25, 0.3) is 0 Å². The Morgan fingerprint density at radius 2 is 1.61 bits per heavy atom. The maximum Gasteiger partial charge on any atom is 0.325 e. The van der Waals surface area contributed by atoms with Crippen molar-refractivity contribution in [3.63, 3.8) is 0 Å². The minimum Gasteiger partial charge on any atom is -0.391 e. The summed E-state index contributed by atoms with van der Waals surface area (Å²) in [6.07, 6.45) is -1.04. The second-order valence-electron chi connectivity index (χ2n) is 7.60. The van der Waals surface area contributed by atoms with Gasteiger partial charge in [-0.15, -0.1) is 0 Å². The van der Waals surface area contributed by atoms with Crippen LogP contribution in [0.25, 0.3) is 0 Å². The molecule has 0 aromatic heterocycles. The number of rotatable bonds is 15. The molecule has 0 aromatic carbocycles. The summed E-state index contributed by atoms with van der Waals surface area (Å²) < 4.78 is 32.9. The van der Waals surface area contributed by atoms with Crippen molar-refractivity contribution in [1.29, 1.82) is 0 Å². The fourth-order valence-corrected chi connectivity index (χ4v) is 3.73. The Morgan fingerprint density at radius 3 is 2.06 bits per heavy atom. The van der Waals surface area contributed by atoms with Crippen molar-refractivity contribution in [2.24, 2.45) is 0 Å². The third kappa shape index (κ3) is 10.4. The number of aliphatic hydroxyl groups excluding tert-OH is 1. The van der Waals surface area contributed by atoms with Gasteiger partial charge in [0, 0.05) is 33.0 Å². The summed E-state index contributed by atoms with van der Waals surface area (Å²) in [5.74, 6) is -1.04. The van der Waals surface area contributed by atoms with E-state index < -0.39 is 43.5 Å². The molecule has 0 bridgehead atoms. The number of ether oxygens (including phenoxy) is 3. The van der Waals surface area contributed by atoms with Gasteiger partial charge in [0.1, 0.15) is 12.0 Å². The van der Waals surface area contributed by atoms with Crippen molar-refractivity contribution in [3.8, 4) is 0 Å². The van der Waals surface area contributed by atoms with Crippen molar-refractivity contribution in [3.05, 3.63) is 0 Å². The fourth-order valence-electron chi connectivity index (χ4n) is 3.28. The van der Waals surface area contributed by atoms with E-state index in [9.17, 15) is 24.2 Å². The van der Waals surface area contributed by atoms with Crippen molar-refractivity contribution in [2.45, 2.75) is 51.3 Å². The lowest BCUT2D eigenvalue weighted by Crippen LogP contribution is -2.59. The van der Waals surface area contributed by atoms with Crippen LogP contribution < -0.4 is 5.32 Å². The zero-order valence-corrected chi connectivity index (χ0v) is 19.8. The van der Waals surface area contributed by atoms with Crippen LogP contribution in [0.1, 0.15) is 33.6 Å². The van der Waals surface area contributed by atoms with Crippen LogP contribution in [0.2, 0.25) is 0 Å². The summed E-state index contributed by atoms with van der Waals surface area (Å²) in [6.45, 7) is 8.17. The SMILES string of the molecule is CCOCC(COCC)(COCC)NC(=O)CC(=O)N1C[C@H](O)C[C@H]1COP(C)(=O)O. The molecule has 1 rings (SSSR count). The molecule has 1 saturated heterocycles. The Hall–Kier alpha value is -1.07. The van der Waals surface area contributed by atoms with Crippen LogP contribution in [0.5, 0.6) is 0 Å². The fraction of sp³-hybridized carbons (Fsp3) is 0.895. The first-order valence-corrected chi connectivity index (χ1v) is 12.5. The lowest BCUT2D eigenvalue weighted by Gasteiger charge is -2.34. The van der Waals surface area contributed by atoms with E-state index in [0.29, 0.717) is 19.8 Å². The summed E-state index contributed by atoms with van der Waals surface area (Å²) >= 11 is 0. The van der Waals surface area contributed by atoms with Gasteiger partial charge in [0.2, 0.25) is 11.8 Å². The van der Waals surface area contributed by atoms with Gasteiger partial charge in [-0.3, -0.25) is 14.2 Å². The van der Waals surface area contributed by atoms with Crippen LogP contribution in [-0.2, 0) is 32.9 Å². The summed E-state index contributed by atoms with van der Waals surface area (Å²) in [4.78, 5) is 36.1. The molecule has 11 nitrogen and oxygen atoms in total. The number of carbonyl (C=O) groups is 2. The topological polar surface area (TPSA) is 144 Å². The van der Waals surface area contributed by atoms with Crippen LogP contribution in [0.15, 0.2) is 0 Å². The smallest absolute Gasteiger partial charge is 0.325 e. The number of hydrogen-bond acceptors (Lipinski definition) is 8. The van der Waals surface area contributed by atoms with E-state index in [2.05, 4.69) is 5.32 Å². The van der Waals surface area contributed by atoms with E-state index in [1.165, 1.54) is 4.90 Å². The highest BCUT2D eigenvalue weighted by Gasteiger charge is 2.38. The van der Waals surface area contributed by atoms with Gasteiger partial charge in [0.05, 0.1) is 38.6 Å². The quantitative estimate of drug-likeness (QED) is 0.226. The first-order chi connectivity index (χ1) is 14.6. The molecular weight excluding hydrogens is 431 g/mol. The Labute approximate surface area is 183 Å². The van der Waals surface area contributed by atoms with Gasteiger partial charge in [-0.05, 0) is 27.2 Å². The highest BCUT2D eigenvalue weighted by Crippen LogP contribution is 2.37. The molecule has 12 heteroatoms. The van der Waals surface area contributed by atoms with E-state index in [4.69, 9.17) is 18.7 Å². The Bertz CT molecular complexity index is 591.